The van der Waals surface area contributed by atoms with Crippen LogP contribution in [0.15, 0.2) is 5.18 Å². The average Bonchev–Trinajstić information content (AvgIpc) is 1.98. The SMILES string of the molecule is CC(C)OC(C)(C)CC(C)(C)C(C)(C)N=O. The second kappa shape index (κ2) is 4.82. The molecule has 16 heavy (non-hydrogen) atoms. The monoisotopic (exact) mass is 229 g/mol. The molecule has 0 aromatic carbocycles. The molecule has 0 bridgehead atoms. The predicted octanol–water partition coefficient (Wildman–Crippen LogP) is 4.15. The highest BCUT2D eigenvalue weighted by molar-refractivity contribution is 4.96. The Hall–Kier alpha value is -0.440. The van der Waals surface area contributed by atoms with E-state index in [0.717, 1.165) is 6.42 Å². The van der Waals surface area contributed by atoms with Crippen molar-refractivity contribution in [3.8, 4) is 0 Å². The highest BCUT2D eigenvalue weighted by Gasteiger charge is 2.42. The lowest BCUT2D eigenvalue weighted by Gasteiger charge is -2.42. The van der Waals surface area contributed by atoms with Crippen molar-refractivity contribution in [1.29, 1.82) is 0 Å². The maximum Gasteiger partial charge on any atom is 0.102 e. The molecule has 0 saturated heterocycles. The average molecular weight is 229 g/mol. The van der Waals surface area contributed by atoms with Gasteiger partial charge < -0.3 is 4.74 Å². The molecule has 0 spiro atoms. The van der Waals surface area contributed by atoms with Gasteiger partial charge in [-0.2, -0.15) is 4.91 Å². The summed E-state index contributed by atoms with van der Waals surface area (Å²) in [6.07, 6.45) is 0.995. The van der Waals surface area contributed by atoms with Crippen molar-refractivity contribution in [2.75, 3.05) is 0 Å². The van der Waals surface area contributed by atoms with Gasteiger partial charge in [-0.25, -0.2) is 0 Å². The summed E-state index contributed by atoms with van der Waals surface area (Å²) in [7, 11) is 0. The quantitative estimate of drug-likeness (QED) is 0.642. The first-order chi connectivity index (χ1) is 6.93. The molecule has 0 radical (unpaired) electrons. The summed E-state index contributed by atoms with van der Waals surface area (Å²) in [5.41, 5.74) is -1.00. The minimum Gasteiger partial charge on any atom is -0.373 e. The first-order valence-corrected chi connectivity index (χ1v) is 5.96. The Morgan fingerprint density at radius 3 is 1.81 bits per heavy atom. The molecule has 0 aromatic rings. The molecule has 0 N–H and O–H groups in total. The lowest BCUT2D eigenvalue weighted by Crippen LogP contribution is -2.44. The van der Waals surface area contributed by atoms with Crippen molar-refractivity contribution in [3.63, 3.8) is 0 Å². The third-order valence-electron chi connectivity index (χ3n) is 3.31. The maximum atomic E-state index is 10.9. The van der Waals surface area contributed by atoms with Crippen LogP contribution in [0.5, 0.6) is 0 Å². The number of nitrogens with zero attached hydrogens (tertiary/aromatic N) is 1. The summed E-state index contributed by atoms with van der Waals surface area (Å²) >= 11 is 0. The van der Waals surface area contributed by atoms with Crippen molar-refractivity contribution < 1.29 is 4.74 Å². The summed E-state index contributed by atoms with van der Waals surface area (Å²) in [5.74, 6) is 0. The van der Waals surface area contributed by atoms with E-state index in [1.807, 2.05) is 27.7 Å². The summed E-state index contributed by atoms with van der Waals surface area (Å²) in [4.78, 5) is 10.9. The molecule has 96 valence electrons. The summed E-state index contributed by atoms with van der Waals surface area (Å²) in [5, 5.41) is 3.25. The summed E-state index contributed by atoms with van der Waals surface area (Å²) < 4.78 is 5.87. The molecule has 0 amide bonds. The topological polar surface area (TPSA) is 38.7 Å². The largest absolute Gasteiger partial charge is 0.373 e. The van der Waals surface area contributed by atoms with Gasteiger partial charge in [0.15, 0.2) is 0 Å². The Morgan fingerprint density at radius 1 is 1.06 bits per heavy atom. The fraction of sp³-hybridized carbons (Fsp3) is 1.00. The molecule has 0 fully saturated rings. The zero-order valence-electron chi connectivity index (χ0n) is 12.0. The van der Waals surface area contributed by atoms with E-state index >= 15 is 0 Å². The van der Waals surface area contributed by atoms with Gasteiger partial charge in [-0.05, 0) is 53.4 Å². The van der Waals surface area contributed by atoms with Gasteiger partial charge in [0.2, 0.25) is 0 Å². The maximum absolute atomic E-state index is 10.9. The molecule has 0 unspecified atom stereocenters. The van der Waals surface area contributed by atoms with Crippen LogP contribution >= 0.6 is 0 Å². The van der Waals surface area contributed by atoms with E-state index in [9.17, 15) is 4.91 Å². The van der Waals surface area contributed by atoms with Crippen LogP contribution in [0.25, 0.3) is 0 Å². The van der Waals surface area contributed by atoms with Gasteiger partial charge in [0.05, 0.1) is 11.7 Å². The molecular formula is C13H27NO2. The lowest BCUT2D eigenvalue weighted by atomic mass is 9.69. The van der Waals surface area contributed by atoms with Gasteiger partial charge in [0.1, 0.15) is 5.54 Å². The van der Waals surface area contributed by atoms with E-state index in [4.69, 9.17) is 4.74 Å². The molecule has 0 aliphatic heterocycles. The molecule has 0 aliphatic rings. The van der Waals surface area contributed by atoms with E-state index in [2.05, 4.69) is 32.9 Å². The summed E-state index contributed by atoms with van der Waals surface area (Å²) in [6, 6.07) is 0. The van der Waals surface area contributed by atoms with Gasteiger partial charge in [-0.15, -0.1) is 0 Å². The van der Waals surface area contributed by atoms with Crippen LogP contribution < -0.4 is 0 Å². The predicted molar refractivity (Wildman–Crippen MR) is 68.6 cm³/mol. The first kappa shape index (κ1) is 15.6. The van der Waals surface area contributed by atoms with Crippen LogP contribution in [0.3, 0.4) is 0 Å². The fourth-order valence-corrected chi connectivity index (χ4v) is 2.08. The molecule has 0 rings (SSSR count). The highest BCUT2D eigenvalue weighted by atomic mass is 16.5. The van der Waals surface area contributed by atoms with Crippen molar-refractivity contribution in [1.82, 2.24) is 0 Å². The van der Waals surface area contributed by atoms with E-state index < -0.39 is 5.54 Å². The van der Waals surface area contributed by atoms with Crippen molar-refractivity contribution >= 4 is 0 Å². The number of nitroso groups, excluding NO2 is 1. The Labute approximate surface area is 99.9 Å². The third kappa shape index (κ3) is 4.20. The Morgan fingerprint density at radius 2 is 1.50 bits per heavy atom. The van der Waals surface area contributed by atoms with E-state index in [-0.39, 0.29) is 17.1 Å². The van der Waals surface area contributed by atoms with Crippen LogP contribution in [-0.4, -0.2) is 17.2 Å². The van der Waals surface area contributed by atoms with Crippen molar-refractivity contribution in [2.45, 2.75) is 79.1 Å². The first-order valence-electron chi connectivity index (χ1n) is 5.96. The Bertz CT molecular complexity index is 242. The minimum absolute atomic E-state index is 0.187. The van der Waals surface area contributed by atoms with Gasteiger partial charge >= 0.3 is 0 Å². The van der Waals surface area contributed by atoms with E-state index in [1.54, 1.807) is 0 Å². The molecule has 3 nitrogen and oxygen atoms in total. The fourth-order valence-electron chi connectivity index (χ4n) is 2.08. The van der Waals surface area contributed by atoms with Gasteiger partial charge in [0, 0.05) is 0 Å². The standard InChI is InChI=1S/C13H27NO2/c1-10(2)16-12(5,6)9-11(3,4)13(7,8)14-15/h10H,9H2,1-8H3. The van der Waals surface area contributed by atoms with Gasteiger partial charge in [-0.1, -0.05) is 19.0 Å². The number of hydrogen-bond donors (Lipinski definition) is 0. The molecule has 0 aromatic heterocycles. The van der Waals surface area contributed by atoms with Crippen LogP contribution in [0.1, 0.15) is 61.8 Å². The Kier molecular flexibility index (Phi) is 4.69. The molecule has 3 heteroatoms. The van der Waals surface area contributed by atoms with Gasteiger partial charge in [-0.3, -0.25) is 0 Å². The number of rotatable bonds is 6. The van der Waals surface area contributed by atoms with Gasteiger partial charge in [0.25, 0.3) is 0 Å². The van der Waals surface area contributed by atoms with Crippen LogP contribution in [0.4, 0.5) is 0 Å². The highest BCUT2D eigenvalue weighted by Crippen LogP contribution is 2.41. The molecule has 0 heterocycles. The van der Waals surface area contributed by atoms with Crippen LogP contribution in [0, 0.1) is 10.3 Å². The zero-order valence-corrected chi connectivity index (χ0v) is 12.0. The van der Waals surface area contributed by atoms with Crippen LogP contribution in [-0.2, 0) is 4.74 Å². The third-order valence-corrected chi connectivity index (χ3v) is 3.31. The van der Waals surface area contributed by atoms with Crippen LogP contribution in [0.2, 0.25) is 0 Å². The Balaban J connectivity index is 4.76. The lowest BCUT2D eigenvalue weighted by molar-refractivity contribution is -0.0863. The number of hydrogen-bond acceptors (Lipinski definition) is 3. The molecule has 0 saturated carbocycles. The number of ether oxygens (including phenoxy) is 1. The second-order valence-corrected chi connectivity index (χ2v) is 6.64. The smallest absolute Gasteiger partial charge is 0.102 e. The van der Waals surface area contributed by atoms with Crippen molar-refractivity contribution in [3.05, 3.63) is 4.91 Å². The van der Waals surface area contributed by atoms with E-state index in [0.29, 0.717) is 0 Å². The molecular weight excluding hydrogens is 202 g/mol. The zero-order chi connectivity index (χ0) is 13.2. The van der Waals surface area contributed by atoms with Crippen molar-refractivity contribution in [2.24, 2.45) is 10.6 Å². The second-order valence-electron chi connectivity index (χ2n) is 6.64. The summed E-state index contributed by atoms with van der Waals surface area (Å²) in [6.45, 7) is 16.1. The molecule has 0 aliphatic carbocycles. The normalized spacial score (nSPS) is 14.3. The minimum atomic E-state index is -0.579. The van der Waals surface area contributed by atoms with E-state index in [1.165, 1.54) is 0 Å². The molecule has 0 atom stereocenters.